The number of ether oxygens (including phenoxy) is 1. The largest absolute Gasteiger partial charge is 0.472 e. The van der Waals surface area contributed by atoms with E-state index in [2.05, 4.69) is 16.9 Å². The zero-order chi connectivity index (χ0) is 22.0. The van der Waals surface area contributed by atoms with Gasteiger partial charge in [-0.25, -0.2) is 9.97 Å². The number of likely N-dealkylation sites (tertiary alicyclic amines) is 1. The monoisotopic (exact) mass is 434 g/mol. The third-order valence-corrected chi connectivity index (χ3v) is 5.89. The first-order chi connectivity index (χ1) is 14.8. The molecule has 2 aliphatic heterocycles. The van der Waals surface area contributed by atoms with Gasteiger partial charge in [0.05, 0.1) is 17.7 Å². The Morgan fingerprint density at radius 3 is 2.42 bits per heavy atom. The van der Waals surface area contributed by atoms with Crippen LogP contribution in [0.5, 0.6) is 5.88 Å². The van der Waals surface area contributed by atoms with Gasteiger partial charge >= 0.3 is 6.18 Å². The number of carbonyl (C=O) groups excluding carboxylic acids is 1. The first-order valence-corrected chi connectivity index (χ1v) is 10.5. The van der Waals surface area contributed by atoms with E-state index in [1.165, 1.54) is 6.07 Å². The molecule has 2 aromatic heterocycles. The molecule has 166 valence electrons. The van der Waals surface area contributed by atoms with Gasteiger partial charge in [-0.15, -0.1) is 0 Å². The SMILES string of the molecule is CC1CCN(C(=O)c2ccc(N3CCC(Oc4ccc(C(F)(F)F)cn4)C3)nc2)CC1. The van der Waals surface area contributed by atoms with E-state index in [0.717, 1.165) is 44.0 Å². The smallest absolute Gasteiger partial charge is 0.417 e. The molecular weight excluding hydrogens is 409 g/mol. The lowest BCUT2D eigenvalue weighted by Crippen LogP contribution is -2.38. The van der Waals surface area contributed by atoms with Crippen LogP contribution in [0.2, 0.25) is 0 Å². The number of halogens is 3. The fourth-order valence-electron chi connectivity index (χ4n) is 3.91. The van der Waals surface area contributed by atoms with Crippen LogP contribution in [-0.4, -0.2) is 53.1 Å². The molecule has 4 heterocycles. The predicted molar refractivity (Wildman–Crippen MR) is 109 cm³/mol. The molecule has 4 rings (SSSR count). The van der Waals surface area contributed by atoms with Gasteiger partial charge < -0.3 is 14.5 Å². The zero-order valence-electron chi connectivity index (χ0n) is 17.3. The fourth-order valence-corrected chi connectivity index (χ4v) is 3.91. The highest BCUT2D eigenvalue weighted by atomic mass is 19.4. The van der Waals surface area contributed by atoms with E-state index < -0.39 is 11.7 Å². The van der Waals surface area contributed by atoms with Crippen molar-refractivity contribution in [1.29, 1.82) is 0 Å². The van der Waals surface area contributed by atoms with Crippen LogP contribution in [0.3, 0.4) is 0 Å². The number of hydrogen-bond donors (Lipinski definition) is 0. The molecule has 6 nitrogen and oxygen atoms in total. The van der Waals surface area contributed by atoms with Crippen LogP contribution in [0.1, 0.15) is 42.1 Å². The number of carbonyl (C=O) groups is 1. The summed E-state index contributed by atoms with van der Waals surface area (Å²) in [7, 11) is 0. The summed E-state index contributed by atoms with van der Waals surface area (Å²) in [5.74, 6) is 1.59. The van der Waals surface area contributed by atoms with Gasteiger partial charge in [0.15, 0.2) is 0 Å². The minimum absolute atomic E-state index is 0.0157. The number of pyridine rings is 2. The second kappa shape index (κ2) is 8.72. The maximum atomic E-state index is 12.7. The summed E-state index contributed by atoms with van der Waals surface area (Å²) in [5.41, 5.74) is -0.218. The van der Waals surface area contributed by atoms with Crippen molar-refractivity contribution in [3.05, 3.63) is 47.8 Å². The summed E-state index contributed by atoms with van der Waals surface area (Å²) < 4.78 is 43.7. The molecular formula is C22H25F3N4O2. The number of anilines is 1. The summed E-state index contributed by atoms with van der Waals surface area (Å²) in [6.07, 6.45) is 0.547. The molecule has 1 atom stereocenters. The number of piperidine rings is 1. The molecule has 2 fully saturated rings. The summed E-state index contributed by atoms with van der Waals surface area (Å²) in [5, 5.41) is 0. The second-order valence-electron chi connectivity index (χ2n) is 8.24. The number of nitrogens with zero attached hydrogens (tertiary/aromatic N) is 4. The van der Waals surface area contributed by atoms with Crippen LogP contribution in [-0.2, 0) is 6.18 Å². The summed E-state index contributed by atoms with van der Waals surface area (Å²) in [6.45, 7) is 5.02. The Morgan fingerprint density at radius 2 is 1.81 bits per heavy atom. The quantitative estimate of drug-likeness (QED) is 0.728. The lowest BCUT2D eigenvalue weighted by Gasteiger charge is -2.30. The third-order valence-electron chi connectivity index (χ3n) is 5.89. The number of aromatic nitrogens is 2. The number of alkyl halides is 3. The van der Waals surface area contributed by atoms with E-state index >= 15 is 0 Å². The molecule has 9 heteroatoms. The first kappa shape index (κ1) is 21.4. The molecule has 0 N–H and O–H groups in total. The number of rotatable bonds is 4. The molecule has 2 aliphatic rings. The Labute approximate surface area is 179 Å². The van der Waals surface area contributed by atoms with Gasteiger partial charge in [0, 0.05) is 44.5 Å². The standard InChI is InChI=1S/C22H25F3N4O2/c1-15-6-9-28(10-7-15)21(30)16-2-4-19(26-12-16)29-11-8-18(14-29)31-20-5-3-17(13-27-20)22(23,24)25/h2-5,12-13,15,18H,6-11,14H2,1H3. The molecule has 2 aromatic rings. The lowest BCUT2D eigenvalue weighted by atomic mass is 9.99. The highest BCUT2D eigenvalue weighted by Crippen LogP contribution is 2.30. The van der Waals surface area contributed by atoms with Gasteiger partial charge in [0.1, 0.15) is 11.9 Å². The third kappa shape index (κ3) is 5.08. The maximum Gasteiger partial charge on any atom is 0.417 e. The van der Waals surface area contributed by atoms with E-state index in [-0.39, 0.29) is 17.9 Å². The summed E-state index contributed by atoms with van der Waals surface area (Å²) in [6, 6.07) is 5.84. The Balaban J connectivity index is 1.32. The van der Waals surface area contributed by atoms with E-state index in [1.54, 1.807) is 12.3 Å². The first-order valence-electron chi connectivity index (χ1n) is 10.5. The minimum Gasteiger partial charge on any atom is -0.472 e. The second-order valence-corrected chi connectivity index (χ2v) is 8.24. The molecule has 0 aliphatic carbocycles. The normalized spacial score (nSPS) is 20.2. The Hall–Kier alpha value is -2.84. The predicted octanol–water partition coefficient (Wildman–Crippen LogP) is 4.03. The Morgan fingerprint density at radius 1 is 1.03 bits per heavy atom. The van der Waals surface area contributed by atoms with Crippen LogP contribution in [0.25, 0.3) is 0 Å². The maximum absolute atomic E-state index is 12.7. The molecule has 0 aromatic carbocycles. The fraction of sp³-hybridized carbons (Fsp3) is 0.500. The van der Waals surface area contributed by atoms with Gasteiger partial charge in [-0.1, -0.05) is 6.92 Å². The topological polar surface area (TPSA) is 58.6 Å². The molecule has 0 saturated carbocycles. The van der Waals surface area contributed by atoms with Crippen molar-refractivity contribution in [3.8, 4) is 5.88 Å². The average molecular weight is 434 g/mol. The highest BCUT2D eigenvalue weighted by Gasteiger charge is 2.31. The minimum atomic E-state index is -4.42. The lowest BCUT2D eigenvalue weighted by molar-refractivity contribution is -0.137. The van der Waals surface area contributed by atoms with Crippen molar-refractivity contribution in [2.24, 2.45) is 5.92 Å². The van der Waals surface area contributed by atoms with Crippen molar-refractivity contribution in [1.82, 2.24) is 14.9 Å². The molecule has 0 spiro atoms. The van der Waals surface area contributed by atoms with Gasteiger partial charge in [0.2, 0.25) is 5.88 Å². The molecule has 0 radical (unpaired) electrons. The van der Waals surface area contributed by atoms with Crippen LogP contribution >= 0.6 is 0 Å². The van der Waals surface area contributed by atoms with Crippen LogP contribution in [0.4, 0.5) is 19.0 Å². The van der Waals surface area contributed by atoms with Gasteiger partial charge in [-0.3, -0.25) is 4.79 Å². The van der Waals surface area contributed by atoms with Gasteiger partial charge in [-0.05, 0) is 37.0 Å². The number of amides is 1. The molecule has 1 amide bonds. The summed E-state index contributed by atoms with van der Waals surface area (Å²) >= 11 is 0. The van der Waals surface area contributed by atoms with Crippen LogP contribution < -0.4 is 9.64 Å². The summed E-state index contributed by atoms with van der Waals surface area (Å²) in [4.78, 5) is 24.8. The van der Waals surface area contributed by atoms with Crippen molar-refractivity contribution < 1.29 is 22.7 Å². The van der Waals surface area contributed by atoms with Gasteiger partial charge in [0.25, 0.3) is 5.91 Å². The van der Waals surface area contributed by atoms with E-state index in [1.807, 2.05) is 15.9 Å². The van der Waals surface area contributed by atoms with Crippen molar-refractivity contribution in [2.75, 3.05) is 31.1 Å². The highest BCUT2D eigenvalue weighted by molar-refractivity contribution is 5.94. The Kier molecular flexibility index (Phi) is 6.02. The average Bonchev–Trinajstić information content (AvgIpc) is 3.22. The molecule has 2 saturated heterocycles. The molecule has 0 bridgehead atoms. The van der Waals surface area contributed by atoms with Crippen LogP contribution in [0, 0.1) is 5.92 Å². The zero-order valence-corrected chi connectivity index (χ0v) is 17.3. The van der Waals surface area contributed by atoms with Crippen LogP contribution in [0.15, 0.2) is 36.7 Å². The molecule has 31 heavy (non-hydrogen) atoms. The van der Waals surface area contributed by atoms with E-state index in [9.17, 15) is 18.0 Å². The van der Waals surface area contributed by atoms with Crippen molar-refractivity contribution in [2.45, 2.75) is 38.5 Å². The van der Waals surface area contributed by atoms with E-state index in [0.29, 0.717) is 31.0 Å². The van der Waals surface area contributed by atoms with Crippen molar-refractivity contribution >= 4 is 11.7 Å². The number of hydrogen-bond acceptors (Lipinski definition) is 5. The Bertz CT molecular complexity index is 894. The van der Waals surface area contributed by atoms with Crippen molar-refractivity contribution in [3.63, 3.8) is 0 Å². The van der Waals surface area contributed by atoms with E-state index in [4.69, 9.17) is 4.74 Å². The molecule has 1 unspecified atom stereocenters. The van der Waals surface area contributed by atoms with Gasteiger partial charge in [-0.2, -0.15) is 13.2 Å².